The zero-order valence-corrected chi connectivity index (χ0v) is 18.1. The molecule has 0 aliphatic carbocycles. The third kappa shape index (κ3) is 4.34. The second kappa shape index (κ2) is 8.61. The third-order valence-electron chi connectivity index (χ3n) is 5.70. The van der Waals surface area contributed by atoms with E-state index in [0.29, 0.717) is 12.1 Å². The Balaban J connectivity index is 1.67. The van der Waals surface area contributed by atoms with Crippen molar-refractivity contribution in [2.75, 3.05) is 44.3 Å². The average molecular weight is 411 g/mol. The number of carbonyl (C=O) groups is 1. The first-order valence-electron chi connectivity index (χ1n) is 10.2. The van der Waals surface area contributed by atoms with Crippen LogP contribution in [0.2, 0.25) is 0 Å². The molecular formula is C23H28N3O2S+. The molecule has 6 heteroatoms. The van der Waals surface area contributed by atoms with Gasteiger partial charge in [0, 0.05) is 5.56 Å². The molecule has 3 aromatic rings. The monoisotopic (exact) mass is 410 g/mol. The van der Waals surface area contributed by atoms with Crippen molar-refractivity contribution < 1.29 is 14.4 Å². The van der Waals surface area contributed by atoms with Gasteiger partial charge in [-0.1, -0.05) is 35.1 Å². The van der Waals surface area contributed by atoms with Crippen molar-refractivity contribution in [3.8, 4) is 0 Å². The number of nitrogens with one attached hydrogen (secondary N) is 1. The molecule has 1 fully saturated rings. The Morgan fingerprint density at radius 1 is 1.17 bits per heavy atom. The summed E-state index contributed by atoms with van der Waals surface area (Å²) in [4.78, 5) is 21.7. The largest absolute Gasteiger partial charge is 0.370 e. The summed E-state index contributed by atoms with van der Waals surface area (Å²) < 4.78 is 6.60. The number of rotatable bonds is 5. The summed E-state index contributed by atoms with van der Waals surface area (Å²) in [5.74, 6) is 0.0230. The molecule has 0 spiro atoms. The molecule has 152 valence electrons. The number of ether oxygens (including phenoxy) is 1. The molecule has 1 aromatic heterocycles. The fourth-order valence-corrected chi connectivity index (χ4v) is 4.78. The fraction of sp³-hybridized carbons (Fsp3) is 0.391. The van der Waals surface area contributed by atoms with Crippen molar-refractivity contribution in [1.82, 2.24) is 4.98 Å². The van der Waals surface area contributed by atoms with E-state index in [-0.39, 0.29) is 5.91 Å². The van der Waals surface area contributed by atoms with E-state index in [1.165, 1.54) is 16.0 Å². The van der Waals surface area contributed by atoms with E-state index in [4.69, 9.17) is 9.72 Å². The number of aryl methyl sites for hydroxylation is 3. The first-order valence-corrected chi connectivity index (χ1v) is 11.0. The number of fused-ring (bicyclic) bond motifs is 1. The molecule has 5 nitrogen and oxygen atoms in total. The van der Waals surface area contributed by atoms with Crippen molar-refractivity contribution in [3.63, 3.8) is 0 Å². The zero-order chi connectivity index (χ0) is 20.4. The molecule has 0 bridgehead atoms. The number of morpholine rings is 1. The SMILES string of the molecule is Cc1cccc(C(=O)N(CC[NH+]2CCOCC2)c2nc3c(C)c(C)ccc3s2)c1. The minimum Gasteiger partial charge on any atom is -0.370 e. The molecule has 1 aliphatic heterocycles. The summed E-state index contributed by atoms with van der Waals surface area (Å²) in [5.41, 5.74) is 5.22. The van der Waals surface area contributed by atoms with E-state index < -0.39 is 0 Å². The Labute approximate surface area is 175 Å². The van der Waals surface area contributed by atoms with Crippen LogP contribution in [0.1, 0.15) is 27.0 Å². The van der Waals surface area contributed by atoms with Gasteiger partial charge in [0.1, 0.15) is 13.1 Å². The van der Waals surface area contributed by atoms with Crippen LogP contribution in [0.5, 0.6) is 0 Å². The lowest BCUT2D eigenvalue weighted by Crippen LogP contribution is -3.14. The van der Waals surface area contributed by atoms with Gasteiger partial charge >= 0.3 is 0 Å². The van der Waals surface area contributed by atoms with Crippen LogP contribution in [0.15, 0.2) is 36.4 Å². The number of nitrogens with zero attached hydrogens (tertiary/aromatic N) is 2. The number of hydrogen-bond donors (Lipinski definition) is 1. The van der Waals surface area contributed by atoms with Crippen LogP contribution in [0.25, 0.3) is 10.2 Å². The second-order valence-corrected chi connectivity index (χ2v) is 8.80. The first kappa shape index (κ1) is 20.0. The number of benzene rings is 2. The predicted octanol–water partition coefficient (Wildman–Crippen LogP) is 2.78. The number of carbonyl (C=O) groups excluding carboxylic acids is 1. The van der Waals surface area contributed by atoms with Gasteiger partial charge < -0.3 is 9.64 Å². The van der Waals surface area contributed by atoms with Crippen LogP contribution in [-0.2, 0) is 4.74 Å². The summed E-state index contributed by atoms with van der Waals surface area (Å²) in [7, 11) is 0. The third-order valence-corrected chi connectivity index (χ3v) is 6.75. The van der Waals surface area contributed by atoms with Gasteiger partial charge in [-0.2, -0.15) is 0 Å². The Bertz CT molecular complexity index is 1020. The minimum absolute atomic E-state index is 0.0230. The van der Waals surface area contributed by atoms with Crippen molar-refractivity contribution in [2.45, 2.75) is 20.8 Å². The quantitative estimate of drug-likeness (QED) is 0.704. The van der Waals surface area contributed by atoms with Crippen molar-refractivity contribution in [1.29, 1.82) is 0 Å². The summed E-state index contributed by atoms with van der Waals surface area (Å²) in [6.45, 7) is 11.3. The van der Waals surface area contributed by atoms with Crippen molar-refractivity contribution in [3.05, 3.63) is 58.7 Å². The molecule has 29 heavy (non-hydrogen) atoms. The molecular weight excluding hydrogens is 382 g/mol. The van der Waals surface area contributed by atoms with Gasteiger partial charge in [-0.25, -0.2) is 4.98 Å². The van der Waals surface area contributed by atoms with Gasteiger partial charge in [0.15, 0.2) is 5.13 Å². The second-order valence-electron chi connectivity index (χ2n) is 7.79. The van der Waals surface area contributed by atoms with Crippen LogP contribution in [0.3, 0.4) is 0 Å². The Hall–Kier alpha value is -2.28. The highest BCUT2D eigenvalue weighted by Gasteiger charge is 2.24. The van der Waals surface area contributed by atoms with Gasteiger partial charge in [-0.3, -0.25) is 9.69 Å². The summed E-state index contributed by atoms with van der Waals surface area (Å²) in [5, 5.41) is 0.785. The molecule has 0 saturated carbocycles. The highest BCUT2D eigenvalue weighted by Crippen LogP contribution is 2.32. The minimum atomic E-state index is 0.0230. The van der Waals surface area contributed by atoms with Crippen molar-refractivity contribution >= 4 is 32.6 Å². The normalized spacial score (nSPS) is 15.0. The lowest BCUT2D eigenvalue weighted by atomic mass is 10.1. The van der Waals surface area contributed by atoms with Gasteiger partial charge in [0.25, 0.3) is 5.91 Å². The maximum Gasteiger partial charge on any atom is 0.260 e. The van der Waals surface area contributed by atoms with Crippen LogP contribution in [-0.4, -0.2) is 50.3 Å². The number of anilines is 1. The molecule has 0 unspecified atom stereocenters. The molecule has 2 heterocycles. The molecule has 1 N–H and O–H groups in total. The molecule has 4 rings (SSSR count). The smallest absolute Gasteiger partial charge is 0.260 e. The highest BCUT2D eigenvalue weighted by molar-refractivity contribution is 7.22. The highest BCUT2D eigenvalue weighted by atomic mass is 32.1. The number of amides is 1. The van der Waals surface area contributed by atoms with E-state index in [2.05, 4.69) is 26.0 Å². The van der Waals surface area contributed by atoms with Gasteiger partial charge in [0.2, 0.25) is 0 Å². The topological polar surface area (TPSA) is 46.9 Å². The Morgan fingerprint density at radius 3 is 2.72 bits per heavy atom. The van der Waals surface area contributed by atoms with Gasteiger partial charge in [-0.05, 0) is 50.1 Å². The van der Waals surface area contributed by atoms with E-state index in [0.717, 1.165) is 53.8 Å². The van der Waals surface area contributed by atoms with Gasteiger partial charge in [0.05, 0.1) is 36.5 Å². The lowest BCUT2D eigenvalue weighted by molar-refractivity contribution is -0.906. The molecule has 1 aliphatic rings. The maximum atomic E-state index is 13.5. The van der Waals surface area contributed by atoms with Crippen LogP contribution in [0.4, 0.5) is 5.13 Å². The van der Waals surface area contributed by atoms with Crippen molar-refractivity contribution in [2.24, 2.45) is 0 Å². The number of thiazole rings is 1. The summed E-state index contributed by atoms with van der Waals surface area (Å²) in [6, 6.07) is 12.1. The summed E-state index contributed by atoms with van der Waals surface area (Å²) in [6.07, 6.45) is 0. The van der Waals surface area contributed by atoms with Crippen LogP contribution in [0, 0.1) is 20.8 Å². The maximum absolute atomic E-state index is 13.5. The predicted molar refractivity (Wildman–Crippen MR) is 118 cm³/mol. The number of aromatic nitrogens is 1. The molecule has 1 amide bonds. The van der Waals surface area contributed by atoms with E-state index in [9.17, 15) is 4.79 Å². The number of hydrogen-bond acceptors (Lipinski definition) is 4. The van der Waals surface area contributed by atoms with E-state index in [1.54, 1.807) is 11.3 Å². The van der Waals surface area contributed by atoms with Gasteiger partial charge in [-0.15, -0.1) is 0 Å². The van der Waals surface area contributed by atoms with E-state index >= 15 is 0 Å². The molecule has 0 radical (unpaired) electrons. The zero-order valence-electron chi connectivity index (χ0n) is 17.3. The number of quaternary nitrogens is 1. The standard InChI is InChI=1S/C23H27N3O2S/c1-16-5-4-6-19(15-16)22(27)26(10-9-25-11-13-28-14-12-25)23-24-21-18(3)17(2)7-8-20(21)29-23/h4-8,15H,9-14H2,1-3H3/p+1. The Kier molecular flexibility index (Phi) is 5.94. The molecule has 2 aromatic carbocycles. The summed E-state index contributed by atoms with van der Waals surface area (Å²) >= 11 is 1.60. The van der Waals surface area contributed by atoms with Crippen LogP contribution >= 0.6 is 11.3 Å². The lowest BCUT2D eigenvalue weighted by Gasteiger charge is -2.27. The average Bonchev–Trinajstić information content (AvgIpc) is 3.16. The Morgan fingerprint density at radius 2 is 1.97 bits per heavy atom. The fourth-order valence-electron chi connectivity index (χ4n) is 3.73. The molecule has 1 saturated heterocycles. The van der Waals surface area contributed by atoms with Crippen LogP contribution < -0.4 is 9.80 Å². The van der Waals surface area contributed by atoms with E-state index in [1.807, 2.05) is 36.1 Å². The molecule has 0 atom stereocenters. The first-order chi connectivity index (χ1) is 14.0.